The number of anilines is 2. The fraction of sp³-hybridized carbons (Fsp3) is 0. The fourth-order valence-corrected chi connectivity index (χ4v) is 1.80. The summed E-state index contributed by atoms with van der Waals surface area (Å²) in [4.78, 5) is 11.8. The minimum absolute atomic E-state index is 0.0285. The summed E-state index contributed by atoms with van der Waals surface area (Å²) in [6.07, 6.45) is 0. The second-order valence-electron chi connectivity index (χ2n) is 4.03. The van der Waals surface area contributed by atoms with Gasteiger partial charge in [0, 0.05) is 21.8 Å². The molecule has 0 aliphatic heterocycles. The van der Waals surface area contributed by atoms with Crippen molar-refractivity contribution in [2.24, 2.45) is 0 Å². The Bertz CT molecular complexity index is 710. The third-order valence-electron chi connectivity index (χ3n) is 2.61. The molecule has 0 spiro atoms. The van der Waals surface area contributed by atoms with Crippen molar-refractivity contribution in [3.63, 3.8) is 0 Å². The summed E-state index contributed by atoms with van der Waals surface area (Å²) in [6, 6.07) is 4.06. The molecule has 110 valence electrons. The third kappa shape index (κ3) is 2.99. The summed E-state index contributed by atoms with van der Waals surface area (Å²) in [5.74, 6) is -7.56. The molecule has 0 heterocycles. The second-order valence-corrected chi connectivity index (χ2v) is 4.89. The summed E-state index contributed by atoms with van der Waals surface area (Å²) in [5, 5.41) is 1.78. The summed E-state index contributed by atoms with van der Waals surface area (Å²) < 4.78 is 53.4. The highest BCUT2D eigenvalue weighted by atomic mass is 79.9. The minimum Gasteiger partial charge on any atom is -0.398 e. The summed E-state index contributed by atoms with van der Waals surface area (Å²) in [5.41, 5.74) is 4.56. The molecule has 0 aromatic heterocycles. The Morgan fingerprint density at radius 2 is 1.62 bits per heavy atom. The zero-order valence-corrected chi connectivity index (χ0v) is 11.8. The average molecular weight is 363 g/mol. The Kier molecular flexibility index (Phi) is 4.17. The summed E-state index contributed by atoms with van der Waals surface area (Å²) >= 11 is 3.11. The van der Waals surface area contributed by atoms with Crippen LogP contribution in [0.25, 0.3) is 0 Å². The van der Waals surface area contributed by atoms with E-state index in [1.165, 1.54) is 18.2 Å². The molecule has 0 atom stereocenters. The molecule has 2 aromatic rings. The molecule has 2 aromatic carbocycles. The van der Waals surface area contributed by atoms with Crippen LogP contribution in [0.1, 0.15) is 10.4 Å². The fourth-order valence-electron chi connectivity index (χ4n) is 1.55. The van der Waals surface area contributed by atoms with Crippen LogP contribution >= 0.6 is 15.9 Å². The van der Waals surface area contributed by atoms with Crippen LogP contribution in [0.2, 0.25) is 0 Å². The molecule has 3 nitrogen and oxygen atoms in total. The number of carbonyl (C=O) groups is 1. The van der Waals surface area contributed by atoms with Gasteiger partial charge < -0.3 is 11.1 Å². The average Bonchev–Trinajstić information content (AvgIpc) is 2.44. The number of rotatable bonds is 2. The first-order valence-electron chi connectivity index (χ1n) is 5.50. The van der Waals surface area contributed by atoms with Crippen molar-refractivity contribution in [1.82, 2.24) is 0 Å². The standard InChI is InChI=1S/C13H7BrF4N2O/c14-6-2-1-5(3-9(6)19)13(21)20-12-10(17)7(15)4-8(16)11(12)18/h1-4H,19H2,(H,20,21). The molecule has 0 fully saturated rings. The van der Waals surface area contributed by atoms with Gasteiger partial charge in [0.05, 0.1) is 0 Å². The van der Waals surface area contributed by atoms with E-state index in [-0.39, 0.29) is 17.3 Å². The van der Waals surface area contributed by atoms with Crippen LogP contribution in [0, 0.1) is 23.3 Å². The number of hydrogen-bond donors (Lipinski definition) is 2. The van der Waals surface area contributed by atoms with Crippen molar-refractivity contribution in [2.45, 2.75) is 0 Å². The molecule has 0 unspecified atom stereocenters. The SMILES string of the molecule is Nc1cc(C(=O)Nc2c(F)c(F)cc(F)c2F)ccc1Br. The Balaban J connectivity index is 2.38. The molecule has 0 radical (unpaired) electrons. The number of nitrogens with one attached hydrogen (secondary N) is 1. The monoisotopic (exact) mass is 362 g/mol. The lowest BCUT2D eigenvalue weighted by atomic mass is 10.2. The van der Waals surface area contributed by atoms with Crippen LogP contribution in [0.3, 0.4) is 0 Å². The van der Waals surface area contributed by atoms with Gasteiger partial charge in [-0.1, -0.05) is 0 Å². The maximum Gasteiger partial charge on any atom is 0.255 e. The van der Waals surface area contributed by atoms with Gasteiger partial charge in [-0.05, 0) is 34.1 Å². The Morgan fingerprint density at radius 1 is 1.05 bits per heavy atom. The summed E-state index contributed by atoms with van der Waals surface area (Å²) in [7, 11) is 0. The van der Waals surface area contributed by atoms with Crippen molar-refractivity contribution in [1.29, 1.82) is 0 Å². The molecule has 0 bridgehead atoms. The molecule has 3 N–H and O–H groups in total. The first-order valence-corrected chi connectivity index (χ1v) is 6.30. The molecule has 0 saturated carbocycles. The van der Waals surface area contributed by atoms with E-state index < -0.39 is 34.9 Å². The normalized spacial score (nSPS) is 10.5. The molecular weight excluding hydrogens is 356 g/mol. The number of carbonyl (C=O) groups excluding carboxylic acids is 1. The molecule has 0 saturated heterocycles. The minimum atomic E-state index is -1.69. The third-order valence-corrected chi connectivity index (χ3v) is 3.33. The number of nitrogens with two attached hydrogens (primary N) is 1. The van der Waals surface area contributed by atoms with Gasteiger partial charge in [0.25, 0.3) is 5.91 Å². The zero-order chi connectivity index (χ0) is 15.7. The van der Waals surface area contributed by atoms with Gasteiger partial charge in [-0.15, -0.1) is 0 Å². The Labute approximate surface area is 124 Å². The lowest BCUT2D eigenvalue weighted by Gasteiger charge is -2.09. The number of halogens is 5. The van der Waals surface area contributed by atoms with Crippen LogP contribution in [-0.4, -0.2) is 5.91 Å². The molecule has 21 heavy (non-hydrogen) atoms. The first kappa shape index (κ1) is 15.3. The summed E-state index contributed by atoms with van der Waals surface area (Å²) in [6.45, 7) is 0. The molecule has 1 amide bonds. The van der Waals surface area contributed by atoms with E-state index in [0.717, 1.165) is 0 Å². The van der Waals surface area contributed by atoms with E-state index in [0.29, 0.717) is 4.47 Å². The van der Waals surface area contributed by atoms with Crippen LogP contribution in [0.4, 0.5) is 28.9 Å². The number of hydrogen-bond acceptors (Lipinski definition) is 2. The molecular formula is C13H7BrF4N2O. The smallest absolute Gasteiger partial charge is 0.255 e. The highest BCUT2D eigenvalue weighted by Crippen LogP contribution is 2.25. The first-order chi connectivity index (χ1) is 9.81. The topological polar surface area (TPSA) is 55.1 Å². The van der Waals surface area contributed by atoms with E-state index in [1.807, 2.05) is 0 Å². The van der Waals surface area contributed by atoms with E-state index in [1.54, 1.807) is 5.32 Å². The lowest BCUT2D eigenvalue weighted by molar-refractivity contribution is 0.102. The Morgan fingerprint density at radius 3 is 2.14 bits per heavy atom. The maximum atomic E-state index is 13.4. The number of benzene rings is 2. The van der Waals surface area contributed by atoms with Gasteiger partial charge >= 0.3 is 0 Å². The van der Waals surface area contributed by atoms with Gasteiger partial charge in [-0.2, -0.15) is 0 Å². The van der Waals surface area contributed by atoms with Crippen molar-refractivity contribution in [3.8, 4) is 0 Å². The van der Waals surface area contributed by atoms with Gasteiger partial charge in [0.2, 0.25) is 0 Å². The highest BCUT2D eigenvalue weighted by molar-refractivity contribution is 9.10. The van der Waals surface area contributed by atoms with Crippen molar-refractivity contribution in [2.75, 3.05) is 11.1 Å². The second kappa shape index (κ2) is 5.72. The maximum absolute atomic E-state index is 13.4. The van der Waals surface area contributed by atoms with Crippen molar-refractivity contribution < 1.29 is 22.4 Å². The molecule has 0 aliphatic carbocycles. The molecule has 0 aliphatic rings. The van der Waals surface area contributed by atoms with Crippen molar-refractivity contribution >= 4 is 33.2 Å². The van der Waals surface area contributed by atoms with Crippen LogP contribution in [0.15, 0.2) is 28.7 Å². The van der Waals surface area contributed by atoms with Gasteiger partial charge in [0.15, 0.2) is 23.3 Å². The largest absolute Gasteiger partial charge is 0.398 e. The van der Waals surface area contributed by atoms with E-state index in [4.69, 9.17) is 5.73 Å². The number of amides is 1. The van der Waals surface area contributed by atoms with E-state index >= 15 is 0 Å². The zero-order valence-electron chi connectivity index (χ0n) is 10.2. The van der Waals surface area contributed by atoms with Crippen LogP contribution < -0.4 is 11.1 Å². The van der Waals surface area contributed by atoms with Gasteiger partial charge in [0.1, 0.15) is 5.69 Å². The predicted molar refractivity (Wildman–Crippen MR) is 72.8 cm³/mol. The van der Waals surface area contributed by atoms with Crippen LogP contribution in [-0.2, 0) is 0 Å². The molecule has 2 rings (SSSR count). The highest BCUT2D eigenvalue weighted by Gasteiger charge is 2.21. The van der Waals surface area contributed by atoms with Crippen LogP contribution in [0.5, 0.6) is 0 Å². The van der Waals surface area contributed by atoms with E-state index in [2.05, 4.69) is 15.9 Å². The molecule has 8 heteroatoms. The lowest BCUT2D eigenvalue weighted by Crippen LogP contribution is -2.16. The van der Waals surface area contributed by atoms with E-state index in [9.17, 15) is 22.4 Å². The quantitative estimate of drug-likeness (QED) is 0.484. The van der Waals surface area contributed by atoms with Gasteiger partial charge in [-0.3, -0.25) is 4.79 Å². The van der Waals surface area contributed by atoms with Gasteiger partial charge in [-0.25, -0.2) is 17.6 Å². The Hall–Kier alpha value is -2.09. The number of nitrogen functional groups attached to an aromatic ring is 1. The van der Waals surface area contributed by atoms with Crippen molar-refractivity contribution in [3.05, 3.63) is 57.6 Å². The predicted octanol–water partition coefficient (Wildman–Crippen LogP) is 3.84.